The zero-order valence-corrected chi connectivity index (χ0v) is 15.3. The van der Waals surface area contributed by atoms with Gasteiger partial charge in [-0.25, -0.2) is 4.79 Å². The zero-order valence-electron chi connectivity index (χ0n) is 14.5. The van der Waals surface area contributed by atoms with Crippen LogP contribution in [0.4, 0.5) is 0 Å². The number of carboxylic acid groups (broad SMARTS) is 1. The number of carbonyl (C=O) groups is 1. The lowest BCUT2D eigenvalue weighted by atomic mass is 10.1. The normalized spacial score (nSPS) is 10.9. The van der Waals surface area contributed by atoms with Gasteiger partial charge >= 0.3 is 5.97 Å². The van der Waals surface area contributed by atoms with Crippen molar-refractivity contribution in [2.24, 2.45) is 0 Å². The number of nitrogens with zero attached hydrogens (tertiary/aromatic N) is 1. The molecule has 0 saturated heterocycles. The second-order valence-electron chi connectivity index (χ2n) is 6.20. The molecule has 0 aliphatic carbocycles. The van der Waals surface area contributed by atoms with Crippen LogP contribution in [-0.2, 0) is 0 Å². The van der Waals surface area contributed by atoms with Crippen molar-refractivity contribution in [1.29, 1.82) is 0 Å². The molecule has 0 aliphatic heterocycles. The minimum atomic E-state index is -1.03. The number of rotatable bonds is 4. The summed E-state index contributed by atoms with van der Waals surface area (Å²) < 4.78 is 1.55. The van der Waals surface area contributed by atoms with Gasteiger partial charge in [-0.3, -0.25) is 14.6 Å². The SMILES string of the molecule is Cc1ccc(-c2cc(=O)[nH]n2-c2cc(-c3ccccc3)sc2C(=O)O)cc1. The van der Waals surface area contributed by atoms with Gasteiger partial charge in [0, 0.05) is 16.5 Å². The summed E-state index contributed by atoms with van der Waals surface area (Å²) >= 11 is 1.19. The third kappa shape index (κ3) is 3.22. The summed E-state index contributed by atoms with van der Waals surface area (Å²) in [6.45, 7) is 1.99. The van der Waals surface area contributed by atoms with E-state index in [0.29, 0.717) is 11.4 Å². The maximum atomic E-state index is 12.1. The molecule has 0 saturated carbocycles. The Balaban J connectivity index is 1.91. The van der Waals surface area contributed by atoms with E-state index in [1.54, 1.807) is 10.7 Å². The summed E-state index contributed by atoms with van der Waals surface area (Å²) in [5.41, 5.74) is 3.67. The molecule has 2 heterocycles. The molecule has 6 heteroatoms. The fourth-order valence-corrected chi connectivity index (χ4v) is 3.95. The van der Waals surface area contributed by atoms with E-state index in [-0.39, 0.29) is 10.4 Å². The number of carboxylic acids is 1. The lowest BCUT2D eigenvalue weighted by molar-refractivity contribution is 0.0702. The Hall–Kier alpha value is -3.38. The van der Waals surface area contributed by atoms with Crippen molar-refractivity contribution in [3.63, 3.8) is 0 Å². The molecule has 0 aliphatic rings. The molecule has 0 bridgehead atoms. The van der Waals surface area contributed by atoms with Gasteiger partial charge in [0.25, 0.3) is 5.56 Å². The second-order valence-corrected chi connectivity index (χ2v) is 7.26. The van der Waals surface area contributed by atoms with Crippen LogP contribution in [0.25, 0.3) is 27.4 Å². The van der Waals surface area contributed by atoms with E-state index in [0.717, 1.165) is 21.6 Å². The third-order valence-corrected chi connectivity index (χ3v) is 5.45. The number of H-pyrrole nitrogens is 1. The Morgan fingerprint density at radius 2 is 1.70 bits per heavy atom. The Labute approximate surface area is 159 Å². The molecule has 4 rings (SSSR count). The van der Waals surface area contributed by atoms with Crippen LogP contribution in [0, 0.1) is 6.92 Å². The average Bonchev–Trinajstić information content (AvgIpc) is 3.27. The van der Waals surface area contributed by atoms with Crippen molar-refractivity contribution >= 4 is 17.3 Å². The van der Waals surface area contributed by atoms with Crippen LogP contribution < -0.4 is 5.56 Å². The van der Waals surface area contributed by atoms with Gasteiger partial charge in [0.15, 0.2) is 0 Å². The highest BCUT2D eigenvalue weighted by atomic mass is 32.1. The van der Waals surface area contributed by atoms with Gasteiger partial charge in [-0.15, -0.1) is 11.3 Å². The van der Waals surface area contributed by atoms with E-state index < -0.39 is 5.97 Å². The monoisotopic (exact) mass is 376 g/mol. The highest BCUT2D eigenvalue weighted by molar-refractivity contribution is 7.17. The molecule has 2 aromatic heterocycles. The van der Waals surface area contributed by atoms with Crippen LogP contribution in [0.15, 0.2) is 71.5 Å². The summed E-state index contributed by atoms with van der Waals surface area (Å²) in [6, 6.07) is 20.6. The van der Waals surface area contributed by atoms with E-state index in [4.69, 9.17) is 0 Å². The summed E-state index contributed by atoms with van der Waals surface area (Å²) in [5, 5.41) is 12.4. The van der Waals surface area contributed by atoms with Crippen LogP contribution in [0.1, 0.15) is 15.2 Å². The minimum Gasteiger partial charge on any atom is -0.477 e. The van der Waals surface area contributed by atoms with Crippen molar-refractivity contribution in [1.82, 2.24) is 9.78 Å². The quantitative estimate of drug-likeness (QED) is 0.548. The fraction of sp³-hybridized carbons (Fsp3) is 0.0476. The first kappa shape index (κ1) is 17.1. The summed E-state index contributed by atoms with van der Waals surface area (Å²) in [7, 11) is 0. The van der Waals surface area contributed by atoms with E-state index in [1.807, 2.05) is 61.5 Å². The third-order valence-electron chi connectivity index (χ3n) is 4.28. The van der Waals surface area contributed by atoms with E-state index >= 15 is 0 Å². The van der Waals surface area contributed by atoms with Crippen LogP contribution in [0.5, 0.6) is 0 Å². The molecule has 0 spiro atoms. The number of aryl methyl sites for hydroxylation is 1. The lowest BCUT2D eigenvalue weighted by Gasteiger charge is -2.08. The second kappa shape index (κ2) is 6.74. The number of hydrogen-bond acceptors (Lipinski definition) is 3. The number of benzene rings is 2. The summed E-state index contributed by atoms with van der Waals surface area (Å²) in [4.78, 5) is 24.9. The molecule has 0 amide bonds. The van der Waals surface area contributed by atoms with Crippen molar-refractivity contribution in [3.8, 4) is 27.4 Å². The van der Waals surface area contributed by atoms with Crippen molar-refractivity contribution < 1.29 is 9.90 Å². The first-order valence-electron chi connectivity index (χ1n) is 8.35. The van der Waals surface area contributed by atoms with Crippen LogP contribution in [0.3, 0.4) is 0 Å². The van der Waals surface area contributed by atoms with Gasteiger partial charge in [0.2, 0.25) is 0 Å². The molecule has 27 heavy (non-hydrogen) atoms. The van der Waals surface area contributed by atoms with Crippen LogP contribution in [-0.4, -0.2) is 20.9 Å². The van der Waals surface area contributed by atoms with Gasteiger partial charge in [-0.05, 0) is 18.6 Å². The maximum absolute atomic E-state index is 12.1. The van der Waals surface area contributed by atoms with Crippen molar-refractivity contribution in [2.45, 2.75) is 6.92 Å². The minimum absolute atomic E-state index is 0.175. The van der Waals surface area contributed by atoms with E-state index in [2.05, 4.69) is 5.10 Å². The van der Waals surface area contributed by atoms with E-state index in [9.17, 15) is 14.7 Å². The van der Waals surface area contributed by atoms with Gasteiger partial charge < -0.3 is 5.11 Å². The first-order valence-corrected chi connectivity index (χ1v) is 9.16. The molecule has 2 N–H and O–H groups in total. The number of hydrogen-bond donors (Lipinski definition) is 2. The Morgan fingerprint density at radius 3 is 2.37 bits per heavy atom. The van der Waals surface area contributed by atoms with E-state index in [1.165, 1.54) is 17.4 Å². The van der Waals surface area contributed by atoms with Crippen LogP contribution in [0.2, 0.25) is 0 Å². The lowest BCUT2D eigenvalue weighted by Crippen LogP contribution is -2.07. The van der Waals surface area contributed by atoms with Crippen molar-refractivity contribution in [3.05, 3.63) is 87.5 Å². The Kier molecular flexibility index (Phi) is 4.25. The molecule has 0 atom stereocenters. The fourth-order valence-electron chi connectivity index (χ4n) is 2.96. The standard InChI is InChI=1S/C21H16N2O3S/c1-13-7-9-14(10-8-13)16-12-19(24)22-23(16)17-11-18(27-20(17)21(25)26)15-5-3-2-4-6-15/h2-12H,1H3,(H,22,24)(H,25,26). The molecular weight excluding hydrogens is 360 g/mol. The first-order chi connectivity index (χ1) is 13.0. The molecule has 2 aromatic carbocycles. The van der Waals surface area contributed by atoms with Gasteiger partial charge in [-0.1, -0.05) is 60.2 Å². The summed E-state index contributed by atoms with van der Waals surface area (Å²) in [6.07, 6.45) is 0. The Morgan fingerprint density at radius 1 is 1.00 bits per heavy atom. The maximum Gasteiger partial charge on any atom is 0.348 e. The number of nitrogens with one attached hydrogen (secondary N) is 1. The largest absolute Gasteiger partial charge is 0.477 e. The molecule has 4 aromatic rings. The van der Waals surface area contributed by atoms with Crippen LogP contribution >= 0.6 is 11.3 Å². The highest BCUT2D eigenvalue weighted by Crippen LogP contribution is 2.35. The predicted octanol–water partition coefficient (Wildman–Crippen LogP) is 4.57. The Bertz CT molecular complexity index is 1170. The summed E-state index contributed by atoms with van der Waals surface area (Å²) in [5.74, 6) is -1.03. The van der Waals surface area contributed by atoms with Gasteiger partial charge in [0.05, 0.1) is 11.4 Å². The number of aromatic carboxylic acids is 1. The number of thiophene rings is 1. The highest BCUT2D eigenvalue weighted by Gasteiger charge is 2.21. The van der Waals surface area contributed by atoms with Crippen molar-refractivity contribution in [2.75, 3.05) is 0 Å². The smallest absolute Gasteiger partial charge is 0.348 e. The van der Waals surface area contributed by atoms with Gasteiger partial charge in [0.1, 0.15) is 4.88 Å². The predicted molar refractivity (Wildman–Crippen MR) is 107 cm³/mol. The molecule has 0 unspecified atom stereocenters. The average molecular weight is 376 g/mol. The number of aromatic amines is 1. The molecule has 0 fully saturated rings. The molecule has 134 valence electrons. The zero-order chi connectivity index (χ0) is 19.0. The van der Waals surface area contributed by atoms with Gasteiger partial charge in [-0.2, -0.15) is 0 Å². The molecular formula is C21H16N2O3S. The topological polar surface area (TPSA) is 75.1 Å². The molecule has 5 nitrogen and oxygen atoms in total. The molecule has 0 radical (unpaired) electrons. The number of aromatic nitrogens is 2.